The number of urea groups is 1. The quantitative estimate of drug-likeness (QED) is 0.781. The van der Waals surface area contributed by atoms with Crippen LogP contribution in [0.25, 0.3) is 0 Å². The van der Waals surface area contributed by atoms with Gasteiger partial charge in [-0.15, -0.1) is 0 Å². The summed E-state index contributed by atoms with van der Waals surface area (Å²) in [4.78, 5) is 11.4. The maximum Gasteiger partial charge on any atom is 0.315 e. The average Bonchev–Trinajstić information content (AvgIpc) is 2.34. The molecule has 1 atom stereocenters. The van der Waals surface area contributed by atoms with Gasteiger partial charge in [0.25, 0.3) is 0 Å². The molecule has 0 aliphatic rings. The molecular weight excluding hydrogens is 252 g/mol. The number of amides is 2. The van der Waals surface area contributed by atoms with E-state index < -0.39 is 0 Å². The van der Waals surface area contributed by atoms with Crippen molar-refractivity contribution >= 4 is 17.6 Å². The van der Waals surface area contributed by atoms with Gasteiger partial charge < -0.3 is 15.4 Å². The number of carbonyl (C=O) groups excluding carboxylic acids is 1. The van der Waals surface area contributed by atoms with Crippen molar-refractivity contribution in [2.45, 2.75) is 26.3 Å². The van der Waals surface area contributed by atoms with Crippen molar-refractivity contribution in [2.24, 2.45) is 0 Å². The van der Waals surface area contributed by atoms with E-state index in [2.05, 4.69) is 10.6 Å². The molecule has 0 fully saturated rings. The smallest absolute Gasteiger partial charge is 0.315 e. The molecule has 0 bridgehead atoms. The third kappa shape index (κ3) is 5.77. The van der Waals surface area contributed by atoms with Gasteiger partial charge in [0.1, 0.15) is 12.4 Å². The molecule has 0 saturated carbocycles. The topological polar surface area (TPSA) is 50.4 Å². The molecular formula is C13H19ClN2O2. The molecule has 2 amide bonds. The third-order valence-corrected chi connectivity index (χ3v) is 2.68. The summed E-state index contributed by atoms with van der Waals surface area (Å²) in [5.74, 6) is 0.701. The molecule has 0 radical (unpaired) electrons. The maximum absolute atomic E-state index is 11.4. The monoisotopic (exact) mass is 270 g/mol. The summed E-state index contributed by atoms with van der Waals surface area (Å²) >= 11 is 5.82. The van der Waals surface area contributed by atoms with E-state index in [4.69, 9.17) is 16.3 Å². The highest BCUT2D eigenvalue weighted by atomic mass is 35.5. The predicted molar refractivity (Wildman–Crippen MR) is 73.2 cm³/mol. The SMILES string of the molecule is CCC(C)NC(=O)NCCOc1cccc(Cl)c1. The first-order chi connectivity index (χ1) is 8.61. The molecule has 0 aliphatic heterocycles. The number of rotatable bonds is 6. The number of hydrogen-bond acceptors (Lipinski definition) is 2. The first-order valence-electron chi connectivity index (χ1n) is 6.04. The summed E-state index contributed by atoms with van der Waals surface area (Å²) in [6.45, 7) is 4.85. The fourth-order valence-corrected chi connectivity index (χ4v) is 1.45. The average molecular weight is 271 g/mol. The number of carbonyl (C=O) groups is 1. The number of benzene rings is 1. The van der Waals surface area contributed by atoms with E-state index in [1.807, 2.05) is 26.0 Å². The molecule has 1 aromatic rings. The highest BCUT2D eigenvalue weighted by molar-refractivity contribution is 6.30. The minimum atomic E-state index is -0.168. The van der Waals surface area contributed by atoms with Gasteiger partial charge in [0.2, 0.25) is 0 Å². The van der Waals surface area contributed by atoms with Crippen molar-refractivity contribution in [1.82, 2.24) is 10.6 Å². The first-order valence-corrected chi connectivity index (χ1v) is 6.42. The first kappa shape index (κ1) is 14.6. The maximum atomic E-state index is 11.4. The predicted octanol–water partition coefficient (Wildman–Crippen LogP) is 2.82. The Balaban J connectivity index is 2.17. The number of nitrogens with one attached hydrogen (secondary N) is 2. The van der Waals surface area contributed by atoms with Crippen LogP contribution in [0.4, 0.5) is 4.79 Å². The van der Waals surface area contributed by atoms with Crippen LogP contribution < -0.4 is 15.4 Å². The zero-order valence-corrected chi connectivity index (χ0v) is 11.5. The Morgan fingerprint density at radius 2 is 2.28 bits per heavy atom. The molecule has 0 saturated heterocycles. The number of hydrogen-bond donors (Lipinski definition) is 2. The van der Waals surface area contributed by atoms with Crippen LogP contribution in [0.15, 0.2) is 24.3 Å². The van der Waals surface area contributed by atoms with Crippen molar-refractivity contribution in [1.29, 1.82) is 0 Å². The van der Waals surface area contributed by atoms with Gasteiger partial charge in [0, 0.05) is 11.1 Å². The second kappa shape index (κ2) is 7.82. The molecule has 100 valence electrons. The number of halogens is 1. The van der Waals surface area contributed by atoms with Crippen LogP contribution in [0.5, 0.6) is 5.75 Å². The molecule has 18 heavy (non-hydrogen) atoms. The van der Waals surface area contributed by atoms with E-state index in [1.54, 1.807) is 12.1 Å². The Morgan fingerprint density at radius 1 is 1.50 bits per heavy atom. The molecule has 0 heterocycles. The molecule has 0 aromatic heterocycles. The van der Waals surface area contributed by atoms with Gasteiger partial charge >= 0.3 is 6.03 Å². The lowest BCUT2D eigenvalue weighted by atomic mass is 10.3. The fraction of sp³-hybridized carbons (Fsp3) is 0.462. The van der Waals surface area contributed by atoms with Crippen molar-refractivity contribution < 1.29 is 9.53 Å². The van der Waals surface area contributed by atoms with E-state index in [-0.39, 0.29) is 12.1 Å². The Kier molecular flexibility index (Phi) is 6.36. The second-order valence-electron chi connectivity index (χ2n) is 4.02. The van der Waals surface area contributed by atoms with Gasteiger partial charge in [0.05, 0.1) is 6.54 Å². The highest BCUT2D eigenvalue weighted by Crippen LogP contribution is 2.16. The summed E-state index contributed by atoms with van der Waals surface area (Å²) in [6, 6.07) is 7.18. The van der Waals surface area contributed by atoms with E-state index in [9.17, 15) is 4.79 Å². The highest BCUT2D eigenvalue weighted by Gasteiger charge is 2.03. The zero-order chi connectivity index (χ0) is 13.4. The Bertz CT molecular complexity index is 385. The lowest BCUT2D eigenvalue weighted by Gasteiger charge is -2.12. The lowest BCUT2D eigenvalue weighted by molar-refractivity contribution is 0.233. The van der Waals surface area contributed by atoms with Gasteiger partial charge in [-0.05, 0) is 31.5 Å². The van der Waals surface area contributed by atoms with Gasteiger partial charge in [0.15, 0.2) is 0 Å². The zero-order valence-electron chi connectivity index (χ0n) is 10.7. The molecule has 0 spiro atoms. The molecule has 2 N–H and O–H groups in total. The van der Waals surface area contributed by atoms with Crippen LogP contribution in [0, 0.1) is 0 Å². The van der Waals surface area contributed by atoms with E-state index in [0.717, 1.165) is 6.42 Å². The molecule has 4 nitrogen and oxygen atoms in total. The molecule has 1 rings (SSSR count). The Morgan fingerprint density at radius 3 is 2.94 bits per heavy atom. The summed E-state index contributed by atoms with van der Waals surface area (Å²) < 4.78 is 5.44. The Hall–Kier alpha value is -1.42. The third-order valence-electron chi connectivity index (χ3n) is 2.44. The standard InChI is InChI=1S/C13H19ClN2O2/c1-3-10(2)16-13(17)15-7-8-18-12-6-4-5-11(14)9-12/h4-6,9-10H,3,7-8H2,1-2H3,(H2,15,16,17). The van der Waals surface area contributed by atoms with Crippen LogP contribution in [0.3, 0.4) is 0 Å². The lowest BCUT2D eigenvalue weighted by Crippen LogP contribution is -2.41. The van der Waals surface area contributed by atoms with Crippen molar-refractivity contribution in [2.75, 3.05) is 13.2 Å². The summed E-state index contributed by atoms with van der Waals surface area (Å²) in [6.07, 6.45) is 0.909. The minimum Gasteiger partial charge on any atom is -0.492 e. The van der Waals surface area contributed by atoms with Gasteiger partial charge in [-0.3, -0.25) is 0 Å². The van der Waals surface area contributed by atoms with Crippen LogP contribution >= 0.6 is 11.6 Å². The van der Waals surface area contributed by atoms with Crippen LogP contribution in [0.1, 0.15) is 20.3 Å². The fourth-order valence-electron chi connectivity index (χ4n) is 1.27. The largest absolute Gasteiger partial charge is 0.492 e. The molecule has 1 unspecified atom stereocenters. The molecule has 0 aliphatic carbocycles. The van der Waals surface area contributed by atoms with E-state index in [1.165, 1.54) is 0 Å². The van der Waals surface area contributed by atoms with Gasteiger partial charge in [-0.25, -0.2) is 4.79 Å². The van der Waals surface area contributed by atoms with Gasteiger partial charge in [-0.2, -0.15) is 0 Å². The van der Waals surface area contributed by atoms with Crippen molar-refractivity contribution in [3.05, 3.63) is 29.3 Å². The number of ether oxygens (including phenoxy) is 1. The summed E-state index contributed by atoms with van der Waals surface area (Å²) in [5.41, 5.74) is 0. The normalized spacial score (nSPS) is 11.7. The Labute approximate surface area is 113 Å². The van der Waals surface area contributed by atoms with Crippen LogP contribution in [-0.2, 0) is 0 Å². The summed E-state index contributed by atoms with van der Waals surface area (Å²) in [7, 11) is 0. The van der Waals surface area contributed by atoms with Gasteiger partial charge in [-0.1, -0.05) is 24.6 Å². The molecule has 5 heteroatoms. The van der Waals surface area contributed by atoms with Crippen molar-refractivity contribution in [3.8, 4) is 5.75 Å². The second-order valence-corrected chi connectivity index (χ2v) is 4.45. The van der Waals surface area contributed by atoms with E-state index >= 15 is 0 Å². The van der Waals surface area contributed by atoms with Crippen molar-refractivity contribution in [3.63, 3.8) is 0 Å². The van der Waals surface area contributed by atoms with E-state index in [0.29, 0.717) is 23.9 Å². The summed E-state index contributed by atoms with van der Waals surface area (Å²) in [5, 5.41) is 6.17. The minimum absolute atomic E-state index is 0.168. The molecule has 1 aromatic carbocycles. The van der Waals surface area contributed by atoms with Crippen LogP contribution in [-0.4, -0.2) is 25.2 Å². The van der Waals surface area contributed by atoms with Crippen LogP contribution in [0.2, 0.25) is 5.02 Å².